The predicted molar refractivity (Wildman–Crippen MR) is 171 cm³/mol. The number of nitrogens with two attached hydrogens (primary N) is 1. The molecule has 3 aromatic rings. The van der Waals surface area contributed by atoms with Crippen LogP contribution < -0.4 is 26.1 Å². The molecule has 45 heavy (non-hydrogen) atoms. The van der Waals surface area contributed by atoms with Gasteiger partial charge < -0.3 is 25.9 Å². The zero-order chi connectivity index (χ0) is 33.1. The van der Waals surface area contributed by atoms with Crippen molar-refractivity contribution in [2.24, 2.45) is 10.7 Å². The van der Waals surface area contributed by atoms with Gasteiger partial charge in [0.05, 0.1) is 4.90 Å². The third-order valence-electron chi connectivity index (χ3n) is 7.98. The van der Waals surface area contributed by atoms with Crippen LogP contribution in [0.3, 0.4) is 0 Å². The fourth-order valence-electron chi connectivity index (χ4n) is 5.52. The first-order valence-electron chi connectivity index (χ1n) is 14.6. The summed E-state index contributed by atoms with van der Waals surface area (Å²) in [5, 5.41) is 12.2. The Bertz CT molecular complexity index is 1820. The van der Waals surface area contributed by atoms with Gasteiger partial charge in [-0.15, -0.1) is 0 Å². The molecule has 240 valence electrons. The van der Waals surface area contributed by atoms with E-state index in [0.717, 1.165) is 23.3 Å². The topological polar surface area (TPSA) is 193 Å². The molecule has 0 fully saturated rings. The number of carboxylic acid groups (broad SMARTS) is 1. The van der Waals surface area contributed by atoms with Gasteiger partial charge in [0, 0.05) is 18.3 Å². The maximum Gasteiger partial charge on any atom is 0.326 e. The number of hydrogen-bond donors (Lipinski definition) is 5. The van der Waals surface area contributed by atoms with Crippen LogP contribution in [-0.2, 0) is 21.2 Å². The van der Waals surface area contributed by atoms with Gasteiger partial charge in [-0.3, -0.25) is 14.6 Å². The molecule has 1 aromatic heterocycles. The normalized spacial score (nSPS) is 15.0. The molecule has 4 rings (SSSR count). The van der Waals surface area contributed by atoms with E-state index in [1.54, 1.807) is 50.2 Å². The highest BCUT2D eigenvalue weighted by Gasteiger charge is 2.33. The van der Waals surface area contributed by atoms with Gasteiger partial charge in [-0.1, -0.05) is 30.3 Å². The van der Waals surface area contributed by atoms with Gasteiger partial charge >= 0.3 is 5.97 Å². The molecule has 13 heteroatoms. The Balaban J connectivity index is 1.43. The molecule has 1 aliphatic rings. The van der Waals surface area contributed by atoms with Crippen molar-refractivity contribution in [3.8, 4) is 16.9 Å². The minimum atomic E-state index is -4.10. The Hall–Kier alpha value is -4.65. The summed E-state index contributed by atoms with van der Waals surface area (Å²) in [4.78, 5) is 44.2. The molecule has 2 aromatic carbocycles. The Morgan fingerprint density at radius 1 is 1.11 bits per heavy atom. The summed E-state index contributed by atoms with van der Waals surface area (Å²) in [6, 6.07) is 9.03. The molecule has 0 bridgehead atoms. The molecule has 0 spiro atoms. The van der Waals surface area contributed by atoms with Gasteiger partial charge in [0.25, 0.3) is 21.5 Å². The molecule has 0 aliphatic carbocycles. The molecule has 1 atom stereocenters. The number of guanidine groups is 1. The number of aliphatic imine (C=N–C) groups is 1. The summed E-state index contributed by atoms with van der Waals surface area (Å²) in [7, 11) is -4.10. The van der Waals surface area contributed by atoms with Crippen LogP contribution >= 0.6 is 0 Å². The van der Waals surface area contributed by atoms with Crippen LogP contribution in [0, 0.1) is 20.8 Å². The number of nitrogens with zero attached hydrogens (tertiary/aromatic N) is 1. The molecule has 1 amide bonds. The maximum absolute atomic E-state index is 13.4. The van der Waals surface area contributed by atoms with Crippen molar-refractivity contribution in [3.63, 3.8) is 0 Å². The van der Waals surface area contributed by atoms with Crippen LogP contribution in [0.1, 0.15) is 65.7 Å². The van der Waals surface area contributed by atoms with E-state index in [1.807, 2.05) is 20.8 Å². The fraction of sp³-hybridized carbons (Fsp3) is 0.375. The molecule has 12 nitrogen and oxygen atoms in total. The standard InChI is InChI=1S/C32H39N5O7S/c1-18-19(2)27(20(3)22-13-15-32(4,5)44-26(18)22)45(42,43)37-31(33)35-16-9-12-24(30(40)41)36-29(39)25-23(14-17-34-28(25)38)21-10-7-6-8-11-21/h6-8,10-11,14,17,24H,9,12-13,15-16H2,1-5H3,(H,34,38)(H,36,39)(H,40,41)(H3,33,35,37)/t24-/m0/s1. The predicted octanol–water partition coefficient (Wildman–Crippen LogP) is 3.33. The first-order valence-corrected chi connectivity index (χ1v) is 16.1. The number of aromatic amines is 1. The van der Waals surface area contributed by atoms with E-state index < -0.39 is 33.5 Å². The molecule has 0 unspecified atom stereocenters. The van der Waals surface area contributed by atoms with Gasteiger partial charge in [0.15, 0.2) is 0 Å². The lowest BCUT2D eigenvalue weighted by Gasteiger charge is -2.35. The molecule has 6 N–H and O–H groups in total. The summed E-state index contributed by atoms with van der Waals surface area (Å²) in [6.07, 6.45) is 2.94. The van der Waals surface area contributed by atoms with Crippen molar-refractivity contribution in [3.05, 3.63) is 80.8 Å². The number of benzene rings is 2. The number of carboxylic acids is 1. The number of ether oxygens (including phenoxy) is 1. The third kappa shape index (κ3) is 7.36. The van der Waals surface area contributed by atoms with Crippen LogP contribution in [0.15, 0.2) is 57.3 Å². The lowest BCUT2D eigenvalue weighted by atomic mass is 9.88. The Morgan fingerprint density at radius 3 is 2.47 bits per heavy atom. The average Bonchev–Trinajstić information content (AvgIpc) is 2.96. The Labute approximate surface area is 262 Å². The van der Waals surface area contributed by atoms with Crippen molar-refractivity contribution < 1.29 is 27.9 Å². The second-order valence-corrected chi connectivity index (χ2v) is 13.3. The molecular formula is C32H39N5O7S. The Kier molecular flexibility index (Phi) is 9.71. The van der Waals surface area contributed by atoms with Gasteiger partial charge in [0.1, 0.15) is 23.0 Å². The molecule has 2 heterocycles. The highest BCUT2D eigenvalue weighted by atomic mass is 32.2. The first kappa shape index (κ1) is 33.2. The molecule has 0 radical (unpaired) electrons. The number of amides is 1. The van der Waals surface area contributed by atoms with E-state index in [1.165, 1.54) is 6.20 Å². The number of hydrogen-bond acceptors (Lipinski definition) is 7. The van der Waals surface area contributed by atoms with Crippen LogP contribution in [-0.4, -0.2) is 54.5 Å². The summed E-state index contributed by atoms with van der Waals surface area (Å²) in [5.41, 5.74) is 8.47. The number of aromatic nitrogens is 1. The largest absolute Gasteiger partial charge is 0.487 e. The first-order chi connectivity index (χ1) is 21.1. The average molecular weight is 638 g/mol. The molecule has 0 saturated heterocycles. The summed E-state index contributed by atoms with van der Waals surface area (Å²) < 4.78 is 35.4. The van der Waals surface area contributed by atoms with Crippen molar-refractivity contribution in [2.75, 3.05) is 6.54 Å². The van der Waals surface area contributed by atoms with Gasteiger partial charge in [-0.25, -0.2) is 17.9 Å². The number of carbonyl (C=O) groups is 2. The van der Waals surface area contributed by atoms with E-state index in [0.29, 0.717) is 28.7 Å². The quantitative estimate of drug-likeness (QED) is 0.127. The minimum absolute atomic E-state index is 0.0146. The minimum Gasteiger partial charge on any atom is -0.487 e. The van der Waals surface area contributed by atoms with E-state index in [2.05, 4.69) is 20.0 Å². The molecule has 1 aliphatic heterocycles. The van der Waals surface area contributed by atoms with Crippen molar-refractivity contribution in [2.45, 2.75) is 76.8 Å². The Morgan fingerprint density at radius 2 is 1.80 bits per heavy atom. The zero-order valence-corrected chi connectivity index (χ0v) is 26.8. The maximum atomic E-state index is 13.4. The van der Waals surface area contributed by atoms with Gasteiger partial charge in [-0.05, 0) is 94.2 Å². The number of pyridine rings is 1. The number of H-pyrrole nitrogens is 1. The van der Waals surface area contributed by atoms with Crippen molar-refractivity contribution in [1.29, 1.82) is 0 Å². The molecule has 0 saturated carbocycles. The number of aliphatic carboxylic acids is 1. The van der Waals surface area contributed by atoms with Crippen LogP contribution in [0.4, 0.5) is 0 Å². The van der Waals surface area contributed by atoms with Gasteiger partial charge in [0.2, 0.25) is 5.96 Å². The smallest absolute Gasteiger partial charge is 0.326 e. The van der Waals surface area contributed by atoms with Crippen molar-refractivity contribution >= 4 is 27.9 Å². The molecular weight excluding hydrogens is 598 g/mol. The number of sulfonamides is 1. The number of nitrogens with one attached hydrogen (secondary N) is 3. The number of carbonyl (C=O) groups excluding carboxylic acids is 1. The van der Waals surface area contributed by atoms with E-state index in [4.69, 9.17) is 10.5 Å². The monoisotopic (exact) mass is 637 g/mol. The van der Waals surface area contributed by atoms with Crippen molar-refractivity contribution in [1.82, 2.24) is 15.0 Å². The summed E-state index contributed by atoms with van der Waals surface area (Å²) in [6.45, 7) is 9.30. The second kappa shape index (κ2) is 13.1. The lowest BCUT2D eigenvalue weighted by molar-refractivity contribution is -0.139. The van der Waals surface area contributed by atoms with Crippen LogP contribution in [0.25, 0.3) is 11.1 Å². The van der Waals surface area contributed by atoms with E-state index in [-0.39, 0.29) is 41.4 Å². The van der Waals surface area contributed by atoms with E-state index >= 15 is 0 Å². The third-order valence-corrected chi connectivity index (χ3v) is 9.61. The number of rotatable bonds is 10. The van der Waals surface area contributed by atoms with Crippen LogP contribution in [0.2, 0.25) is 0 Å². The summed E-state index contributed by atoms with van der Waals surface area (Å²) >= 11 is 0. The highest BCUT2D eigenvalue weighted by Crippen LogP contribution is 2.42. The SMILES string of the molecule is Cc1c(C)c(S(=O)(=O)NC(N)=NCCC[C@H](NC(=O)c2c(-c3ccccc3)cc[nH]c2=O)C(=O)O)c(C)c2c1OC(C)(C)CC2. The fourth-order valence-corrected chi connectivity index (χ4v) is 7.04. The van der Waals surface area contributed by atoms with Gasteiger partial charge in [-0.2, -0.15) is 0 Å². The van der Waals surface area contributed by atoms with Crippen LogP contribution in [0.5, 0.6) is 5.75 Å². The summed E-state index contributed by atoms with van der Waals surface area (Å²) in [5.74, 6) is -1.76. The second-order valence-electron chi connectivity index (χ2n) is 11.7. The lowest BCUT2D eigenvalue weighted by Crippen LogP contribution is -2.43. The highest BCUT2D eigenvalue weighted by molar-refractivity contribution is 7.90. The number of fused-ring (bicyclic) bond motifs is 1. The zero-order valence-electron chi connectivity index (χ0n) is 26.0. The van der Waals surface area contributed by atoms with E-state index in [9.17, 15) is 27.9 Å².